The fraction of sp³-hybridized carbons (Fsp3) is 0.833. The van der Waals surface area contributed by atoms with Gasteiger partial charge in [0.05, 0.1) is 6.61 Å². The van der Waals surface area contributed by atoms with Gasteiger partial charge in [-0.05, 0) is 40.5 Å². The molecule has 0 bridgehead atoms. The first-order valence-electron chi connectivity index (χ1n) is 5.98. The molecule has 0 aromatic carbocycles. The van der Waals surface area contributed by atoms with Gasteiger partial charge in [-0.25, -0.2) is 4.79 Å². The zero-order valence-electron chi connectivity index (χ0n) is 11.0. The highest BCUT2D eigenvalue weighted by atomic mass is 16.6. The van der Waals surface area contributed by atoms with Crippen molar-refractivity contribution in [2.24, 2.45) is 0 Å². The third kappa shape index (κ3) is 5.06. The van der Waals surface area contributed by atoms with E-state index in [1.54, 1.807) is 27.7 Å². The lowest BCUT2D eigenvalue weighted by atomic mass is 10.2. The second-order valence-electron chi connectivity index (χ2n) is 5.14. The van der Waals surface area contributed by atoms with Crippen molar-refractivity contribution >= 4 is 12.1 Å². The summed E-state index contributed by atoms with van der Waals surface area (Å²) in [5.41, 5.74) is -0.543. The summed E-state index contributed by atoms with van der Waals surface area (Å²) in [4.78, 5) is 24.7. The zero-order chi connectivity index (χ0) is 13.1. The van der Waals surface area contributed by atoms with Crippen LogP contribution in [0.2, 0.25) is 0 Å². The predicted octanol–water partition coefficient (Wildman–Crippen LogP) is 1.95. The van der Waals surface area contributed by atoms with E-state index in [1.165, 1.54) is 4.90 Å². The highest BCUT2D eigenvalue weighted by Gasteiger charge is 2.36. The number of carbonyl (C=O) groups is 2. The fourth-order valence-electron chi connectivity index (χ4n) is 1.40. The Hall–Kier alpha value is -1.26. The molecule has 1 aliphatic carbocycles. The Morgan fingerprint density at radius 3 is 2.29 bits per heavy atom. The Bertz CT molecular complexity index is 291. The topological polar surface area (TPSA) is 55.8 Å². The zero-order valence-corrected chi connectivity index (χ0v) is 11.0. The maximum Gasteiger partial charge on any atom is 0.411 e. The van der Waals surface area contributed by atoms with Crippen LogP contribution in [0.5, 0.6) is 0 Å². The molecule has 1 aliphatic rings. The van der Waals surface area contributed by atoms with Crippen molar-refractivity contribution in [2.75, 3.05) is 13.2 Å². The van der Waals surface area contributed by atoms with Gasteiger partial charge in [0.25, 0.3) is 0 Å². The average Bonchev–Trinajstić information content (AvgIpc) is 2.94. The lowest BCUT2D eigenvalue weighted by Crippen LogP contribution is -2.41. The van der Waals surface area contributed by atoms with Gasteiger partial charge in [0.15, 0.2) is 0 Å². The second kappa shape index (κ2) is 5.38. The standard InChI is InChI=1S/C12H21NO4/c1-5-16-10(14)8-13(9-6-7-9)11(15)17-12(2,3)4/h9H,5-8H2,1-4H3. The van der Waals surface area contributed by atoms with Gasteiger partial charge in [0, 0.05) is 6.04 Å². The van der Waals surface area contributed by atoms with Crippen LogP contribution in [-0.2, 0) is 14.3 Å². The highest BCUT2D eigenvalue weighted by Crippen LogP contribution is 2.28. The van der Waals surface area contributed by atoms with Crippen molar-refractivity contribution in [3.63, 3.8) is 0 Å². The van der Waals surface area contributed by atoms with Crippen molar-refractivity contribution in [1.29, 1.82) is 0 Å². The van der Waals surface area contributed by atoms with Gasteiger partial charge < -0.3 is 9.47 Å². The first-order chi connectivity index (χ1) is 7.83. The van der Waals surface area contributed by atoms with Gasteiger partial charge in [-0.2, -0.15) is 0 Å². The first-order valence-corrected chi connectivity index (χ1v) is 5.98. The molecule has 0 aromatic rings. The number of hydrogen-bond acceptors (Lipinski definition) is 4. The summed E-state index contributed by atoms with van der Waals surface area (Å²) < 4.78 is 10.1. The van der Waals surface area contributed by atoms with Crippen LogP contribution in [0.25, 0.3) is 0 Å². The molecule has 17 heavy (non-hydrogen) atoms. The molecule has 0 saturated heterocycles. The SMILES string of the molecule is CCOC(=O)CN(C(=O)OC(C)(C)C)C1CC1. The van der Waals surface area contributed by atoms with Gasteiger partial charge in [-0.1, -0.05) is 0 Å². The molecule has 1 amide bonds. The number of carbonyl (C=O) groups excluding carboxylic acids is 2. The molecule has 0 atom stereocenters. The van der Waals surface area contributed by atoms with Gasteiger partial charge >= 0.3 is 12.1 Å². The fourth-order valence-corrected chi connectivity index (χ4v) is 1.40. The summed E-state index contributed by atoms with van der Waals surface area (Å²) in [7, 11) is 0. The summed E-state index contributed by atoms with van der Waals surface area (Å²) in [6, 6.07) is 0.134. The van der Waals surface area contributed by atoms with Crippen LogP contribution in [0.1, 0.15) is 40.5 Å². The summed E-state index contributed by atoms with van der Waals surface area (Å²) in [5.74, 6) is -0.384. The number of ether oxygens (including phenoxy) is 2. The van der Waals surface area contributed by atoms with E-state index in [2.05, 4.69) is 0 Å². The number of esters is 1. The van der Waals surface area contributed by atoms with Crippen molar-refractivity contribution < 1.29 is 19.1 Å². The third-order valence-electron chi connectivity index (χ3n) is 2.22. The van der Waals surface area contributed by atoms with Gasteiger partial charge in [0.2, 0.25) is 0 Å². The first kappa shape index (κ1) is 13.8. The van der Waals surface area contributed by atoms with E-state index in [1.807, 2.05) is 0 Å². The minimum atomic E-state index is -0.543. The van der Waals surface area contributed by atoms with Crippen LogP contribution in [-0.4, -0.2) is 41.8 Å². The molecular formula is C12H21NO4. The average molecular weight is 243 g/mol. The molecule has 0 heterocycles. The molecule has 0 N–H and O–H groups in total. The predicted molar refractivity (Wildman–Crippen MR) is 62.6 cm³/mol. The van der Waals surface area contributed by atoms with E-state index in [-0.39, 0.29) is 18.6 Å². The lowest BCUT2D eigenvalue weighted by molar-refractivity contribution is -0.144. The van der Waals surface area contributed by atoms with E-state index in [0.29, 0.717) is 6.61 Å². The quantitative estimate of drug-likeness (QED) is 0.708. The number of rotatable bonds is 4. The molecular weight excluding hydrogens is 222 g/mol. The van der Waals surface area contributed by atoms with Crippen LogP contribution in [0.4, 0.5) is 4.79 Å². The molecule has 1 fully saturated rings. The van der Waals surface area contributed by atoms with E-state index in [0.717, 1.165) is 12.8 Å². The molecule has 0 spiro atoms. The van der Waals surface area contributed by atoms with Crippen LogP contribution in [0.15, 0.2) is 0 Å². The largest absolute Gasteiger partial charge is 0.465 e. The summed E-state index contributed by atoms with van der Waals surface area (Å²) in [6.07, 6.45) is 1.42. The van der Waals surface area contributed by atoms with Gasteiger partial charge in [0.1, 0.15) is 12.1 Å². The van der Waals surface area contributed by atoms with E-state index in [4.69, 9.17) is 9.47 Å². The Morgan fingerprint density at radius 1 is 1.29 bits per heavy atom. The molecule has 5 heteroatoms. The van der Waals surface area contributed by atoms with Gasteiger partial charge in [-0.15, -0.1) is 0 Å². The maximum absolute atomic E-state index is 11.9. The maximum atomic E-state index is 11.9. The minimum Gasteiger partial charge on any atom is -0.465 e. The molecule has 0 aliphatic heterocycles. The summed E-state index contributed by atoms with van der Waals surface area (Å²) in [5, 5.41) is 0. The lowest BCUT2D eigenvalue weighted by Gasteiger charge is -2.26. The van der Waals surface area contributed by atoms with E-state index >= 15 is 0 Å². The Balaban J connectivity index is 2.53. The number of nitrogens with zero attached hydrogens (tertiary/aromatic N) is 1. The van der Waals surface area contributed by atoms with Crippen molar-refractivity contribution in [3.8, 4) is 0 Å². The normalized spacial score (nSPS) is 15.3. The summed E-state index contributed by atoms with van der Waals surface area (Å²) in [6.45, 7) is 7.47. The van der Waals surface area contributed by atoms with Crippen molar-refractivity contribution in [1.82, 2.24) is 4.90 Å². The number of amides is 1. The molecule has 0 unspecified atom stereocenters. The van der Waals surface area contributed by atoms with Crippen LogP contribution < -0.4 is 0 Å². The summed E-state index contributed by atoms with van der Waals surface area (Å²) >= 11 is 0. The Morgan fingerprint density at radius 2 is 1.88 bits per heavy atom. The highest BCUT2D eigenvalue weighted by molar-refractivity contribution is 5.78. The molecule has 98 valence electrons. The van der Waals surface area contributed by atoms with Crippen molar-refractivity contribution in [3.05, 3.63) is 0 Å². The Labute approximate surface area is 102 Å². The molecule has 5 nitrogen and oxygen atoms in total. The second-order valence-corrected chi connectivity index (χ2v) is 5.14. The van der Waals surface area contributed by atoms with Crippen LogP contribution in [0, 0.1) is 0 Å². The smallest absolute Gasteiger partial charge is 0.411 e. The van der Waals surface area contributed by atoms with Gasteiger partial charge in [-0.3, -0.25) is 9.69 Å². The van der Waals surface area contributed by atoms with Crippen molar-refractivity contribution in [2.45, 2.75) is 52.2 Å². The molecule has 1 rings (SSSR count). The molecule has 0 aromatic heterocycles. The molecule has 1 saturated carbocycles. The van der Waals surface area contributed by atoms with Crippen LogP contribution in [0.3, 0.4) is 0 Å². The van der Waals surface area contributed by atoms with Crippen LogP contribution >= 0.6 is 0 Å². The number of hydrogen-bond donors (Lipinski definition) is 0. The van der Waals surface area contributed by atoms with E-state index < -0.39 is 11.7 Å². The molecule has 0 radical (unpaired) electrons. The Kier molecular flexibility index (Phi) is 4.37. The third-order valence-corrected chi connectivity index (χ3v) is 2.22. The van der Waals surface area contributed by atoms with E-state index in [9.17, 15) is 9.59 Å². The minimum absolute atomic E-state index is 0.0204. The monoisotopic (exact) mass is 243 g/mol.